The van der Waals surface area contributed by atoms with Gasteiger partial charge in [0, 0.05) is 45.4 Å². The van der Waals surface area contributed by atoms with Crippen molar-refractivity contribution in [2.45, 2.75) is 18.9 Å². The van der Waals surface area contributed by atoms with E-state index in [2.05, 4.69) is 27.3 Å². The van der Waals surface area contributed by atoms with Crippen molar-refractivity contribution in [3.05, 3.63) is 28.2 Å². The van der Waals surface area contributed by atoms with Gasteiger partial charge in [0.05, 0.1) is 6.61 Å². The predicted molar refractivity (Wildman–Crippen MR) is 78.5 cm³/mol. The van der Waals surface area contributed by atoms with E-state index >= 15 is 0 Å². The molecule has 18 heavy (non-hydrogen) atoms. The molecule has 1 aromatic rings. The maximum absolute atomic E-state index is 11.1. The van der Waals surface area contributed by atoms with Gasteiger partial charge in [0.25, 0.3) is 0 Å². The summed E-state index contributed by atoms with van der Waals surface area (Å²) in [5.74, 6) is 1.65. The van der Waals surface area contributed by atoms with Gasteiger partial charge in [-0.1, -0.05) is 22.0 Å². The average Bonchev–Trinajstić information content (AvgIpc) is 2.51. The third-order valence-corrected chi connectivity index (χ3v) is 4.30. The zero-order chi connectivity index (χ0) is 13.0. The van der Waals surface area contributed by atoms with Crippen LogP contribution in [0.4, 0.5) is 0 Å². The minimum atomic E-state index is -0.737. The highest BCUT2D eigenvalue weighted by atomic mass is 79.9. The second-order valence-electron chi connectivity index (χ2n) is 4.46. The molecule has 2 unspecified atom stereocenters. The summed E-state index contributed by atoms with van der Waals surface area (Å²) in [6.07, 6.45) is 3.84. The van der Waals surface area contributed by atoms with Crippen molar-refractivity contribution in [2.75, 3.05) is 25.2 Å². The van der Waals surface area contributed by atoms with Gasteiger partial charge in [-0.2, -0.15) is 0 Å². The molecular formula is C13H18BrNO2S. The third kappa shape index (κ3) is 3.80. The fourth-order valence-electron chi connectivity index (χ4n) is 2.14. The highest BCUT2D eigenvalue weighted by molar-refractivity contribution is 9.10. The second-order valence-corrected chi connectivity index (χ2v) is 6.93. The summed E-state index contributed by atoms with van der Waals surface area (Å²) < 4.78 is 17.9. The van der Waals surface area contributed by atoms with Crippen LogP contribution in [-0.4, -0.2) is 29.4 Å². The number of hydrogen-bond donors (Lipinski definition) is 1. The second kappa shape index (κ2) is 6.68. The lowest BCUT2D eigenvalue weighted by molar-refractivity contribution is 0.315. The van der Waals surface area contributed by atoms with E-state index < -0.39 is 10.8 Å². The van der Waals surface area contributed by atoms with Crippen molar-refractivity contribution < 1.29 is 8.95 Å². The normalized spacial score (nSPS) is 20.7. The quantitative estimate of drug-likeness (QED) is 0.921. The zero-order valence-corrected chi connectivity index (χ0v) is 12.9. The number of rotatable bonds is 4. The van der Waals surface area contributed by atoms with Crippen LogP contribution in [0.5, 0.6) is 5.75 Å². The number of hydrogen-bond acceptors (Lipinski definition) is 3. The smallest absolute Gasteiger partial charge is 0.125 e. The Kier molecular flexibility index (Phi) is 5.21. The van der Waals surface area contributed by atoms with Crippen LogP contribution in [0.25, 0.3) is 0 Å². The maximum atomic E-state index is 11.1. The monoisotopic (exact) mass is 331 g/mol. The molecule has 1 heterocycles. The van der Waals surface area contributed by atoms with Crippen molar-refractivity contribution in [1.82, 2.24) is 5.32 Å². The Morgan fingerprint density at radius 3 is 3.17 bits per heavy atom. The highest BCUT2D eigenvalue weighted by Crippen LogP contribution is 2.33. The Morgan fingerprint density at radius 2 is 2.39 bits per heavy atom. The minimum Gasteiger partial charge on any atom is -0.493 e. The molecule has 2 atom stereocenters. The predicted octanol–water partition coefficient (Wildman–Crippen LogP) is 2.63. The summed E-state index contributed by atoms with van der Waals surface area (Å²) in [4.78, 5) is 0. The lowest BCUT2D eigenvalue weighted by Gasteiger charge is -2.18. The topological polar surface area (TPSA) is 38.3 Å². The van der Waals surface area contributed by atoms with Gasteiger partial charge < -0.3 is 10.1 Å². The minimum absolute atomic E-state index is 0.305. The van der Waals surface area contributed by atoms with Crippen LogP contribution in [0.3, 0.4) is 0 Å². The molecule has 0 aliphatic carbocycles. The van der Waals surface area contributed by atoms with Crippen molar-refractivity contribution in [3.8, 4) is 5.75 Å². The van der Waals surface area contributed by atoms with E-state index in [4.69, 9.17) is 4.74 Å². The summed E-state index contributed by atoms with van der Waals surface area (Å²) >= 11 is 3.47. The van der Waals surface area contributed by atoms with Crippen LogP contribution >= 0.6 is 15.9 Å². The number of nitrogens with one attached hydrogen (secondary N) is 1. The van der Waals surface area contributed by atoms with Crippen LogP contribution in [0.2, 0.25) is 0 Å². The summed E-state index contributed by atoms with van der Waals surface area (Å²) in [6.45, 7) is 1.55. The average molecular weight is 332 g/mol. The standard InChI is InChI=1S/C13H18BrNO2S/c1-18(16)8-6-15-12-3-2-7-17-13-9-10(14)4-5-11(12)13/h4-5,9,12,15H,2-3,6-8H2,1H3. The lowest BCUT2D eigenvalue weighted by atomic mass is 10.0. The number of halogens is 1. The Hall–Kier alpha value is -0.390. The fraction of sp³-hybridized carbons (Fsp3) is 0.538. The van der Waals surface area contributed by atoms with Gasteiger partial charge in [0.2, 0.25) is 0 Å². The first-order valence-corrected chi connectivity index (χ1v) is 8.64. The number of fused-ring (bicyclic) bond motifs is 1. The molecule has 0 radical (unpaired) electrons. The van der Waals surface area contributed by atoms with E-state index in [1.165, 1.54) is 5.56 Å². The van der Waals surface area contributed by atoms with E-state index in [0.29, 0.717) is 11.8 Å². The van der Waals surface area contributed by atoms with E-state index in [-0.39, 0.29) is 0 Å². The Labute approximate surface area is 119 Å². The molecule has 1 aliphatic rings. The van der Waals surface area contributed by atoms with Crippen LogP contribution in [0.1, 0.15) is 24.4 Å². The molecule has 0 saturated heterocycles. The summed E-state index contributed by atoms with van der Waals surface area (Å²) in [6, 6.07) is 6.47. The van der Waals surface area contributed by atoms with E-state index in [1.807, 2.05) is 12.1 Å². The van der Waals surface area contributed by atoms with Gasteiger partial charge in [0.15, 0.2) is 0 Å². The van der Waals surface area contributed by atoms with Gasteiger partial charge in [-0.15, -0.1) is 0 Å². The van der Waals surface area contributed by atoms with Gasteiger partial charge in [-0.25, -0.2) is 0 Å². The van der Waals surface area contributed by atoms with Crippen LogP contribution in [0.15, 0.2) is 22.7 Å². The largest absolute Gasteiger partial charge is 0.493 e. The summed E-state index contributed by atoms with van der Waals surface area (Å²) in [7, 11) is -0.737. The number of benzene rings is 1. The molecule has 0 bridgehead atoms. The highest BCUT2D eigenvalue weighted by Gasteiger charge is 2.19. The summed E-state index contributed by atoms with van der Waals surface area (Å²) in [5, 5.41) is 3.48. The summed E-state index contributed by atoms with van der Waals surface area (Å²) in [5.41, 5.74) is 1.21. The van der Waals surface area contributed by atoms with E-state index in [9.17, 15) is 4.21 Å². The Balaban J connectivity index is 2.09. The molecule has 1 aromatic carbocycles. The molecule has 3 nitrogen and oxygen atoms in total. The third-order valence-electron chi connectivity index (χ3n) is 3.03. The first kappa shape index (κ1) is 14.0. The van der Waals surface area contributed by atoms with Crippen LogP contribution in [0, 0.1) is 0 Å². The molecule has 0 fully saturated rings. The lowest BCUT2D eigenvalue weighted by Crippen LogP contribution is -2.25. The van der Waals surface area contributed by atoms with Crippen molar-refractivity contribution in [3.63, 3.8) is 0 Å². The fourth-order valence-corrected chi connectivity index (χ4v) is 2.88. The molecule has 1 aliphatic heterocycles. The molecule has 5 heteroatoms. The zero-order valence-electron chi connectivity index (χ0n) is 10.4. The molecule has 0 saturated carbocycles. The molecule has 0 amide bonds. The molecular weight excluding hydrogens is 314 g/mol. The SMILES string of the molecule is CS(=O)CCNC1CCCOc2cc(Br)ccc21. The maximum Gasteiger partial charge on any atom is 0.125 e. The van der Waals surface area contributed by atoms with Crippen molar-refractivity contribution >= 4 is 26.7 Å². The van der Waals surface area contributed by atoms with Crippen molar-refractivity contribution in [2.24, 2.45) is 0 Å². The van der Waals surface area contributed by atoms with Gasteiger partial charge in [0.1, 0.15) is 5.75 Å². The van der Waals surface area contributed by atoms with Crippen molar-refractivity contribution in [1.29, 1.82) is 0 Å². The Morgan fingerprint density at radius 1 is 1.56 bits per heavy atom. The van der Waals surface area contributed by atoms with E-state index in [0.717, 1.165) is 36.2 Å². The number of ether oxygens (including phenoxy) is 1. The molecule has 2 rings (SSSR count). The first-order chi connectivity index (χ1) is 8.66. The molecule has 100 valence electrons. The van der Waals surface area contributed by atoms with Crippen LogP contribution < -0.4 is 10.1 Å². The molecule has 1 N–H and O–H groups in total. The molecule has 0 aromatic heterocycles. The van der Waals surface area contributed by atoms with Crippen LogP contribution in [-0.2, 0) is 10.8 Å². The Bertz CT molecular complexity index is 439. The van der Waals surface area contributed by atoms with Gasteiger partial charge >= 0.3 is 0 Å². The van der Waals surface area contributed by atoms with Gasteiger partial charge in [-0.05, 0) is 25.0 Å². The van der Waals surface area contributed by atoms with Gasteiger partial charge in [-0.3, -0.25) is 4.21 Å². The molecule has 0 spiro atoms. The first-order valence-electron chi connectivity index (χ1n) is 6.12. The van der Waals surface area contributed by atoms with E-state index in [1.54, 1.807) is 6.26 Å².